The standard InChI is InChI=1S/C11H11N5OS/c1-17-10-7(3-2-4-14-10)6-15-11-8(5-12)9(13)16-18-11/h2-4,15H,6H2,1H3,(H2,13,16). The number of aromatic nitrogens is 2. The van der Waals surface area contributed by atoms with Crippen molar-refractivity contribution >= 4 is 22.4 Å². The molecule has 0 fully saturated rings. The van der Waals surface area contributed by atoms with Crippen molar-refractivity contribution in [3.05, 3.63) is 29.5 Å². The third-order valence-corrected chi connectivity index (χ3v) is 3.13. The summed E-state index contributed by atoms with van der Waals surface area (Å²) in [6.45, 7) is 0.493. The fraction of sp³-hybridized carbons (Fsp3) is 0.182. The minimum atomic E-state index is 0.253. The lowest BCUT2D eigenvalue weighted by Crippen LogP contribution is -2.02. The summed E-state index contributed by atoms with van der Waals surface area (Å²) >= 11 is 1.16. The molecule has 0 aromatic carbocycles. The van der Waals surface area contributed by atoms with Crippen LogP contribution >= 0.6 is 11.5 Å². The molecule has 0 amide bonds. The van der Waals surface area contributed by atoms with Crippen LogP contribution in [0.2, 0.25) is 0 Å². The number of nitriles is 1. The maximum Gasteiger partial charge on any atom is 0.218 e. The van der Waals surface area contributed by atoms with E-state index in [9.17, 15) is 0 Å². The number of hydrogen-bond acceptors (Lipinski definition) is 7. The highest BCUT2D eigenvalue weighted by Gasteiger charge is 2.11. The van der Waals surface area contributed by atoms with Crippen LogP contribution in [0.5, 0.6) is 5.88 Å². The maximum atomic E-state index is 8.95. The van der Waals surface area contributed by atoms with E-state index in [4.69, 9.17) is 15.7 Å². The molecule has 0 radical (unpaired) electrons. The van der Waals surface area contributed by atoms with E-state index >= 15 is 0 Å². The zero-order chi connectivity index (χ0) is 13.0. The summed E-state index contributed by atoms with van der Waals surface area (Å²) in [6, 6.07) is 5.75. The largest absolute Gasteiger partial charge is 0.481 e. The van der Waals surface area contributed by atoms with Crippen molar-refractivity contribution in [1.82, 2.24) is 9.36 Å². The molecular formula is C11H11N5OS. The van der Waals surface area contributed by atoms with E-state index in [1.165, 1.54) is 0 Å². The van der Waals surface area contributed by atoms with Gasteiger partial charge < -0.3 is 15.8 Å². The molecule has 0 spiro atoms. The summed E-state index contributed by atoms with van der Waals surface area (Å²) < 4.78 is 9.07. The van der Waals surface area contributed by atoms with E-state index in [0.717, 1.165) is 17.1 Å². The first kappa shape index (κ1) is 12.1. The van der Waals surface area contributed by atoms with Gasteiger partial charge in [0.25, 0.3) is 0 Å². The smallest absolute Gasteiger partial charge is 0.218 e. The van der Waals surface area contributed by atoms with Crippen molar-refractivity contribution in [3.63, 3.8) is 0 Å². The predicted octanol–water partition coefficient (Wildman–Crippen LogP) is 1.61. The Bertz CT molecular complexity index is 589. The molecule has 2 rings (SSSR count). The van der Waals surface area contributed by atoms with Gasteiger partial charge in [-0.2, -0.15) is 9.64 Å². The molecule has 0 aliphatic heterocycles. The van der Waals surface area contributed by atoms with Crippen molar-refractivity contribution in [2.45, 2.75) is 6.54 Å². The molecule has 7 heteroatoms. The van der Waals surface area contributed by atoms with E-state index in [1.807, 2.05) is 18.2 Å². The number of nitrogens with one attached hydrogen (secondary N) is 1. The summed E-state index contributed by atoms with van der Waals surface area (Å²) in [5.41, 5.74) is 6.85. The van der Waals surface area contributed by atoms with Gasteiger partial charge in [-0.15, -0.1) is 0 Å². The second-order valence-electron chi connectivity index (χ2n) is 3.41. The topological polar surface area (TPSA) is 96.8 Å². The van der Waals surface area contributed by atoms with Crippen LogP contribution in [0, 0.1) is 11.3 Å². The Hall–Kier alpha value is -2.33. The summed E-state index contributed by atoms with van der Waals surface area (Å²) in [4.78, 5) is 4.09. The molecule has 0 unspecified atom stereocenters. The van der Waals surface area contributed by atoms with Crippen molar-refractivity contribution in [2.75, 3.05) is 18.2 Å². The minimum Gasteiger partial charge on any atom is -0.481 e. The second kappa shape index (κ2) is 5.33. The van der Waals surface area contributed by atoms with Crippen molar-refractivity contribution in [3.8, 4) is 11.9 Å². The van der Waals surface area contributed by atoms with Crippen LogP contribution in [0.4, 0.5) is 10.8 Å². The van der Waals surface area contributed by atoms with Crippen LogP contribution in [-0.2, 0) is 6.54 Å². The second-order valence-corrected chi connectivity index (χ2v) is 4.18. The monoisotopic (exact) mass is 261 g/mol. The molecule has 0 aliphatic rings. The van der Waals surface area contributed by atoms with E-state index in [2.05, 4.69) is 14.7 Å². The Morgan fingerprint density at radius 1 is 1.61 bits per heavy atom. The molecular weight excluding hydrogens is 250 g/mol. The SMILES string of the molecule is COc1ncccc1CNc1snc(N)c1C#N. The molecule has 6 nitrogen and oxygen atoms in total. The lowest BCUT2D eigenvalue weighted by Gasteiger charge is -2.07. The molecule has 0 bridgehead atoms. The normalized spacial score (nSPS) is 9.78. The van der Waals surface area contributed by atoms with Crippen LogP contribution in [0.25, 0.3) is 0 Å². The molecule has 2 aromatic rings. The van der Waals surface area contributed by atoms with Gasteiger partial charge in [0.1, 0.15) is 16.6 Å². The average Bonchev–Trinajstić information content (AvgIpc) is 2.77. The molecule has 92 valence electrons. The van der Waals surface area contributed by atoms with Crippen LogP contribution in [0.1, 0.15) is 11.1 Å². The van der Waals surface area contributed by atoms with Gasteiger partial charge in [-0.05, 0) is 17.6 Å². The van der Waals surface area contributed by atoms with Gasteiger partial charge in [0, 0.05) is 18.3 Å². The van der Waals surface area contributed by atoms with Gasteiger partial charge in [0.15, 0.2) is 5.82 Å². The molecule has 2 heterocycles. The van der Waals surface area contributed by atoms with Crippen molar-refractivity contribution in [1.29, 1.82) is 5.26 Å². The fourth-order valence-corrected chi connectivity index (χ4v) is 2.11. The number of ether oxygens (including phenoxy) is 1. The number of nitrogen functional groups attached to an aromatic ring is 1. The minimum absolute atomic E-state index is 0.253. The van der Waals surface area contributed by atoms with Gasteiger partial charge in [-0.25, -0.2) is 4.98 Å². The van der Waals surface area contributed by atoms with Crippen LogP contribution < -0.4 is 15.8 Å². The number of anilines is 2. The predicted molar refractivity (Wildman–Crippen MR) is 69.4 cm³/mol. The highest BCUT2D eigenvalue weighted by Crippen LogP contribution is 2.26. The lowest BCUT2D eigenvalue weighted by atomic mass is 10.2. The molecule has 18 heavy (non-hydrogen) atoms. The first-order valence-electron chi connectivity index (χ1n) is 5.13. The molecule has 0 aliphatic carbocycles. The number of nitrogens with zero attached hydrogens (tertiary/aromatic N) is 3. The Morgan fingerprint density at radius 2 is 2.44 bits per heavy atom. The summed E-state index contributed by atoms with van der Waals surface area (Å²) in [6.07, 6.45) is 1.66. The number of rotatable bonds is 4. The number of pyridine rings is 1. The molecule has 2 aromatic heterocycles. The summed E-state index contributed by atoms with van der Waals surface area (Å²) in [7, 11) is 1.57. The van der Waals surface area contributed by atoms with E-state index in [0.29, 0.717) is 23.0 Å². The van der Waals surface area contributed by atoms with Crippen molar-refractivity contribution in [2.24, 2.45) is 0 Å². The average molecular weight is 261 g/mol. The highest BCUT2D eigenvalue weighted by molar-refractivity contribution is 7.10. The Balaban J connectivity index is 2.14. The summed E-state index contributed by atoms with van der Waals surface area (Å²) in [5, 5.41) is 12.7. The van der Waals surface area contributed by atoms with Gasteiger partial charge in [-0.1, -0.05) is 6.07 Å². The Kier molecular flexibility index (Phi) is 3.60. The third-order valence-electron chi connectivity index (χ3n) is 2.31. The van der Waals surface area contributed by atoms with Gasteiger partial charge in [0.05, 0.1) is 7.11 Å². The first-order chi connectivity index (χ1) is 8.76. The first-order valence-corrected chi connectivity index (χ1v) is 5.90. The lowest BCUT2D eigenvalue weighted by molar-refractivity contribution is 0.393. The summed E-state index contributed by atoms with van der Waals surface area (Å²) in [5.74, 6) is 0.809. The van der Waals surface area contributed by atoms with Crippen molar-refractivity contribution < 1.29 is 4.74 Å². The number of hydrogen-bond donors (Lipinski definition) is 2. The number of nitrogens with two attached hydrogens (primary N) is 1. The maximum absolute atomic E-state index is 8.95. The molecule has 0 saturated heterocycles. The van der Waals surface area contributed by atoms with Gasteiger partial charge in [0.2, 0.25) is 5.88 Å². The molecule has 3 N–H and O–H groups in total. The third kappa shape index (κ3) is 2.33. The van der Waals surface area contributed by atoms with E-state index in [1.54, 1.807) is 13.3 Å². The number of methoxy groups -OCH3 is 1. The van der Waals surface area contributed by atoms with Crippen LogP contribution in [0.15, 0.2) is 18.3 Å². The van der Waals surface area contributed by atoms with Gasteiger partial charge in [-0.3, -0.25) is 0 Å². The quantitative estimate of drug-likeness (QED) is 0.867. The zero-order valence-electron chi connectivity index (χ0n) is 9.67. The zero-order valence-corrected chi connectivity index (χ0v) is 10.5. The Labute approximate surface area is 108 Å². The van der Waals surface area contributed by atoms with Crippen LogP contribution in [-0.4, -0.2) is 16.5 Å². The fourth-order valence-electron chi connectivity index (χ4n) is 1.45. The van der Waals surface area contributed by atoms with Crippen LogP contribution in [0.3, 0.4) is 0 Å². The van der Waals surface area contributed by atoms with Gasteiger partial charge >= 0.3 is 0 Å². The molecule has 0 atom stereocenters. The Morgan fingerprint density at radius 3 is 3.17 bits per heavy atom. The van der Waals surface area contributed by atoms with E-state index in [-0.39, 0.29) is 5.82 Å². The van der Waals surface area contributed by atoms with E-state index < -0.39 is 0 Å². The highest BCUT2D eigenvalue weighted by atomic mass is 32.1. The molecule has 0 saturated carbocycles.